The zero-order chi connectivity index (χ0) is 16.9. The van der Waals surface area contributed by atoms with Crippen LogP contribution in [-0.2, 0) is 14.9 Å². The molecule has 23 heavy (non-hydrogen) atoms. The number of epoxide rings is 1. The highest BCUT2D eigenvalue weighted by Gasteiger charge is 2.67. The van der Waals surface area contributed by atoms with E-state index in [0.717, 1.165) is 12.8 Å². The van der Waals surface area contributed by atoms with Crippen molar-refractivity contribution in [3.8, 4) is 5.75 Å². The molecular weight excluding hydrogens is 312 g/mol. The van der Waals surface area contributed by atoms with E-state index in [4.69, 9.17) is 8.92 Å². The van der Waals surface area contributed by atoms with Crippen LogP contribution in [0, 0.1) is 0 Å². The van der Waals surface area contributed by atoms with Crippen LogP contribution in [0.3, 0.4) is 0 Å². The van der Waals surface area contributed by atoms with E-state index in [1.807, 2.05) is 19.1 Å². The van der Waals surface area contributed by atoms with Crippen molar-refractivity contribution in [3.05, 3.63) is 29.8 Å². The van der Waals surface area contributed by atoms with Crippen molar-refractivity contribution >= 4 is 10.1 Å². The van der Waals surface area contributed by atoms with Gasteiger partial charge in [0.25, 0.3) is 0 Å². The number of rotatable bonds is 5. The first-order valence-corrected chi connectivity index (χ1v) is 9.90. The first-order chi connectivity index (χ1) is 10.7. The van der Waals surface area contributed by atoms with Crippen LogP contribution in [0.4, 0.5) is 0 Å². The quantitative estimate of drug-likeness (QED) is 0.601. The van der Waals surface area contributed by atoms with Gasteiger partial charge in [0.05, 0.1) is 11.2 Å². The zero-order valence-corrected chi connectivity index (χ0v) is 15.2. The Hall–Kier alpha value is -1.07. The molecule has 5 heteroatoms. The van der Waals surface area contributed by atoms with Crippen molar-refractivity contribution in [1.29, 1.82) is 0 Å². The second kappa shape index (κ2) is 5.49. The van der Waals surface area contributed by atoms with Gasteiger partial charge in [-0.15, -0.1) is 0 Å². The summed E-state index contributed by atoms with van der Waals surface area (Å²) in [5.74, 6) is 0.857. The maximum absolute atomic E-state index is 12.6. The minimum Gasteiger partial charge on any atom is -0.382 e. The van der Waals surface area contributed by atoms with E-state index in [1.165, 1.54) is 5.56 Å². The van der Waals surface area contributed by atoms with Crippen LogP contribution in [0.1, 0.15) is 64.9 Å². The lowest BCUT2D eigenvalue weighted by Gasteiger charge is -2.26. The molecule has 3 rings (SSSR count). The number of benzene rings is 1. The third-order valence-corrected chi connectivity index (χ3v) is 7.41. The van der Waals surface area contributed by atoms with Gasteiger partial charge in [-0.05, 0) is 63.1 Å². The second-order valence-electron chi connectivity index (χ2n) is 7.38. The minimum atomic E-state index is -3.63. The van der Waals surface area contributed by atoms with Crippen LogP contribution < -0.4 is 4.18 Å². The molecule has 1 saturated carbocycles. The van der Waals surface area contributed by atoms with Gasteiger partial charge >= 0.3 is 10.1 Å². The summed E-state index contributed by atoms with van der Waals surface area (Å²) in [5.41, 5.74) is 0.744. The van der Waals surface area contributed by atoms with E-state index in [2.05, 4.69) is 20.8 Å². The molecule has 4 atom stereocenters. The molecule has 0 aromatic heterocycles. The SMILES string of the molecule is CCC(C)c1ccc(OS(=O)(=O)C2CCC3(C)OC3(C)C2)cc1. The fourth-order valence-corrected chi connectivity index (χ4v) is 5.00. The molecule has 0 radical (unpaired) electrons. The fraction of sp³-hybridized carbons (Fsp3) is 0.667. The molecule has 4 nitrogen and oxygen atoms in total. The smallest absolute Gasteiger partial charge is 0.312 e. The Morgan fingerprint density at radius 2 is 1.91 bits per heavy atom. The van der Waals surface area contributed by atoms with Crippen molar-refractivity contribution < 1.29 is 17.3 Å². The molecule has 1 aliphatic heterocycles. The van der Waals surface area contributed by atoms with Crippen molar-refractivity contribution in [1.82, 2.24) is 0 Å². The molecule has 1 aromatic rings. The highest BCUT2D eigenvalue weighted by Crippen LogP contribution is 2.57. The lowest BCUT2D eigenvalue weighted by atomic mass is 9.81. The van der Waals surface area contributed by atoms with Gasteiger partial charge in [-0.2, -0.15) is 8.42 Å². The standard InChI is InChI=1S/C18H26O4S/c1-5-13(2)14-6-8-15(9-7-14)21-23(19,20)16-10-11-17(3)18(4,12-16)22-17/h6-9,13,16H,5,10-12H2,1-4H3. The maximum Gasteiger partial charge on any atom is 0.312 e. The topological polar surface area (TPSA) is 55.9 Å². The molecule has 0 N–H and O–H groups in total. The Balaban J connectivity index is 1.69. The molecular formula is C18H26O4S. The van der Waals surface area contributed by atoms with Crippen LogP contribution in [-0.4, -0.2) is 24.9 Å². The Bertz CT molecular complexity index is 681. The van der Waals surface area contributed by atoms with Crippen molar-refractivity contribution in [2.45, 2.75) is 75.7 Å². The summed E-state index contributed by atoms with van der Waals surface area (Å²) >= 11 is 0. The summed E-state index contributed by atoms with van der Waals surface area (Å²) in [5, 5.41) is -0.489. The first kappa shape index (κ1) is 16.8. The molecule has 2 fully saturated rings. The number of hydrogen-bond acceptors (Lipinski definition) is 4. The summed E-state index contributed by atoms with van der Waals surface area (Å²) in [6.07, 6.45) is 2.93. The van der Waals surface area contributed by atoms with Gasteiger partial charge in [0, 0.05) is 0 Å². The first-order valence-electron chi connectivity index (χ1n) is 8.42. The Morgan fingerprint density at radius 3 is 2.48 bits per heavy atom. The van der Waals surface area contributed by atoms with Crippen LogP contribution in [0.25, 0.3) is 0 Å². The molecule has 1 saturated heterocycles. The van der Waals surface area contributed by atoms with Gasteiger partial charge in [-0.1, -0.05) is 26.0 Å². The molecule has 1 aliphatic carbocycles. The van der Waals surface area contributed by atoms with E-state index in [1.54, 1.807) is 12.1 Å². The maximum atomic E-state index is 12.6. The minimum absolute atomic E-state index is 0.142. The Kier molecular flexibility index (Phi) is 4.00. The molecule has 4 unspecified atom stereocenters. The molecule has 2 aliphatic rings. The number of ether oxygens (including phenoxy) is 1. The van der Waals surface area contributed by atoms with Crippen molar-refractivity contribution in [3.63, 3.8) is 0 Å². The van der Waals surface area contributed by atoms with E-state index in [9.17, 15) is 8.42 Å². The van der Waals surface area contributed by atoms with Gasteiger partial charge in [-0.3, -0.25) is 0 Å². The normalized spacial score (nSPS) is 34.5. The third kappa shape index (κ3) is 3.01. The molecule has 128 valence electrons. The highest BCUT2D eigenvalue weighted by molar-refractivity contribution is 7.87. The molecule has 0 spiro atoms. The van der Waals surface area contributed by atoms with E-state index in [-0.39, 0.29) is 11.2 Å². The van der Waals surface area contributed by atoms with Crippen molar-refractivity contribution in [2.24, 2.45) is 0 Å². The number of hydrogen-bond donors (Lipinski definition) is 0. The number of fused-ring (bicyclic) bond motifs is 1. The van der Waals surface area contributed by atoms with Gasteiger partial charge in [0.1, 0.15) is 11.0 Å². The monoisotopic (exact) mass is 338 g/mol. The lowest BCUT2D eigenvalue weighted by molar-refractivity contribution is 0.279. The molecule has 0 bridgehead atoms. The van der Waals surface area contributed by atoms with Crippen LogP contribution >= 0.6 is 0 Å². The van der Waals surface area contributed by atoms with Gasteiger partial charge < -0.3 is 8.92 Å². The average molecular weight is 338 g/mol. The summed E-state index contributed by atoms with van der Waals surface area (Å²) in [6.45, 7) is 8.35. The highest BCUT2D eigenvalue weighted by atomic mass is 32.2. The van der Waals surface area contributed by atoms with Gasteiger partial charge in [-0.25, -0.2) is 0 Å². The Labute approximate surface area is 139 Å². The summed E-state index contributed by atoms with van der Waals surface area (Å²) in [6, 6.07) is 7.40. The largest absolute Gasteiger partial charge is 0.382 e. The predicted molar refractivity (Wildman–Crippen MR) is 90.2 cm³/mol. The fourth-order valence-electron chi connectivity index (χ4n) is 3.55. The zero-order valence-electron chi connectivity index (χ0n) is 14.3. The average Bonchev–Trinajstić information content (AvgIpc) is 3.08. The summed E-state index contributed by atoms with van der Waals surface area (Å²) < 4.78 is 36.3. The van der Waals surface area contributed by atoms with E-state index >= 15 is 0 Å². The van der Waals surface area contributed by atoms with Crippen LogP contribution in [0.15, 0.2) is 24.3 Å². The second-order valence-corrected chi connectivity index (χ2v) is 9.20. The summed E-state index contributed by atoms with van der Waals surface area (Å²) in [4.78, 5) is 0. The predicted octanol–water partition coefficient (Wildman–Crippen LogP) is 4.01. The third-order valence-electron chi connectivity index (χ3n) is 5.77. The van der Waals surface area contributed by atoms with E-state index < -0.39 is 15.4 Å². The lowest BCUT2D eigenvalue weighted by Crippen LogP contribution is -2.38. The van der Waals surface area contributed by atoms with Gasteiger partial charge in [0.15, 0.2) is 0 Å². The summed E-state index contributed by atoms with van der Waals surface area (Å²) in [7, 11) is -3.63. The van der Waals surface area contributed by atoms with Crippen molar-refractivity contribution in [2.75, 3.05) is 0 Å². The van der Waals surface area contributed by atoms with Gasteiger partial charge in [0.2, 0.25) is 0 Å². The van der Waals surface area contributed by atoms with Crippen LogP contribution in [0.2, 0.25) is 0 Å². The molecule has 1 aromatic carbocycles. The Morgan fingerprint density at radius 1 is 1.26 bits per heavy atom. The van der Waals surface area contributed by atoms with E-state index in [0.29, 0.717) is 24.5 Å². The molecule has 1 heterocycles. The van der Waals surface area contributed by atoms with Crippen LogP contribution in [0.5, 0.6) is 5.75 Å². The molecule has 0 amide bonds.